The summed E-state index contributed by atoms with van der Waals surface area (Å²) in [7, 11) is 1.52. The van der Waals surface area contributed by atoms with Gasteiger partial charge in [-0.15, -0.1) is 10.2 Å². The van der Waals surface area contributed by atoms with Crippen LogP contribution in [0.2, 0.25) is 0 Å². The fraction of sp³-hybridized carbons (Fsp3) is 0.150. The Bertz CT molecular complexity index is 1080. The molecule has 4 aromatic rings. The van der Waals surface area contributed by atoms with Gasteiger partial charge < -0.3 is 13.9 Å². The summed E-state index contributed by atoms with van der Waals surface area (Å²) in [6.07, 6.45) is 3.24. The number of benzene rings is 2. The summed E-state index contributed by atoms with van der Waals surface area (Å²) in [5.41, 5.74) is 1.76. The molecule has 2 heterocycles. The van der Waals surface area contributed by atoms with Crippen LogP contribution in [0.15, 0.2) is 59.5 Å². The second kappa shape index (κ2) is 7.51. The third kappa shape index (κ3) is 3.57. The van der Waals surface area contributed by atoms with Gasteiger partial charge in [-0.05, 0) is 49.4 Å². The lowest BCUT2D eigenvalue weighted by atomic mass is 10.2. The lowest BCUT2D eigenvalue weighted by Gasteiger charge is -2.06. The molecule has 4 rings (SSSR count). The van der Waals surface area contributed by atoms with E-state index in [9.17, 15) is 4.39 Å². The van der Waals surface area contributed by atoms with E-state index >= 15 is 0 Å². The van der Waals surface area contributed by atoms with Gasteiger partial charge in [-0.3, -0.25) is 4.57 Å². The van der Waals surface area contributed by atoms with Crippen molar-refractivity contribution in [1.82, 2.24) is 19.7 Å². The van der Waals surface area contributed by atoms with Crippen LogP contribution in [-0.2, 0) is 6.61 Å². The Kier molecular flexibility index (Phi) is 4.76. The highest BCUT2D eigenvalue weighted by Gasteiger charge is 2.16. The molecular formula is C20H17FN4O3. The lowest BCUT2D eigenvalue weighted by Crippen LogP contribution is -1.98. The minimum Gasteiger partial charge on any atom is -0.497 e. The first-order chi connectivity index (χ1) is 13.6. The van der Waals surface area contributed by atoms with Crippen LogP contribution in [0.3, 0.4) is 0 Å². The molecule has 0 amide bonds. The maximum atomic E-state index is 14.1. The molecule has 0 aliphatic rings. The number of hydrogen-bond acceptors (Lipinski definition) is 6. The van der Waals surface area contributed by atoms with Crippen LogP contribution >= 0.6 is 0 Å². The quantitative estimate of drug-likeness (QED) is 0.504. The van der Waals surface area contributed by atoms with E-state index in [1.54, 1.807) is 36.3 Å². The Balaban J connectivity index is 1.49. The predicted molar refractivity (Wildman–Crippen MR) is 98.9 cm³/mol. The third-order valence-corrected chi connectivity index (χ3v) is 4.23. The molecule has 0 unspecified atom stereocenters. The topological polar surface area (TPSA) is 75.2 Å². The summed E-state index contributed by atoms with van der Waals surface area (Å²) in [6, 6.07) is 11.9. The molecule has 0 atom stereocenters. The van der Waals surface area contributed by atoms with Crippen molar-refractivity contribution in [3.8, 4) is 28.6 Å². The van der Waals surface area contributed by atoms with Crippen molar-refractivity contribution in [2.75, 3.05) is 7.11 Å². The summed E-state index contributed by atoms with van der Waals surface area (Å²) in [4.78, 5) is 4.38. The number of nitrogens with zero attached hydrogens (tertiary/aromatic N) is 4. The number of halogens is 1. The van der Waals surface area contributed by atoms with E-state index in [-0.39, 0.29) is 18.1 Å². The fourth-order valence-electron chi connectivity index (χ4n) is 2.67. The SMILES string of the molecule is COc1ccc(F)c(-c2nc(COc3ccc(-n4cnnc4)cc3)c(C)o2)c1. The lowest BCUT2D eigenvalue weighted by molar-refractivity contribution is 0.299. The number of methoxy groups -OCH3 is 1. The average Bonchev–Trinajstić information content (AvgIpc) is 3.37. The number of oxazole rings is 1. The molecule has 7 nitrogen and oxygen atoms in total. The maximum Gasteiger partial charge on any atom is 0.229 e. The average molecular weight is 380 g/mol. The molecule has 0 fully saturated rings. The highest BCUT2D eigenvalue weighted by Crippen LogP contribution is 2.28. The molecule has 0 saturated carbocycles. The van der Waals surface area contributed by atoms with Crippen LogP contribution in [0.5, 0.6) is 11.5 Å². The van der Waals surface area contributed by atoms with Crippen LogP contribution in [-0.4, -0.2) is 26.9 Å². The predicted octanol–water partition coefficient (Wildman–Crippen LogP) is 3.96. The van der Waals surface area contributed by atoms with Gasteiger partial charge in [0.25, 0.3) is 0 Å². The summed E-state index contributed by atoms with van der Waals surface area (Å²) < 4.78 is 32.5. The number of rotatable bonds is 6. The molecule has 0 aliphatic heterocycles. The van der Waals surface area contributed by atoms with Gasteiger partial charge in [-0.1, -0.05) is 0 Å². The molecule has 2 aromatic carbocycles. The highest BCUT2D eigenvalue weighted by atomic mass is 19.1. The first-order valence-corrected chi connectivity index (χ1v) is 8.52. The molecular weight excluding hydrogens is 363 g/mol. The molecule has 2 aromatic heterocycles. The third-order valence-electron chi connectivity index (χ3n) is 4.23. The van der Waals surface area contributed by atoms with Crippen molar-refractivity contribution in [3.05, 3.63) is 72.4 Å². The fourth-order valence-corrected chi connectivity index (χ4v) is 2.67. The summed E-state index contributed by atoms with van der Waals surface area (Å²) >= 11 is 0. The van der Waals surface area contributed by atoms with E-state index in [1.807, 2.05) is 24.3 Å². The Morgan fingerprint density at radius 3 is 2.46 bits per heavy atom. The van der Waals surface area contributed by atoms with E-state index in [4.69, 9.17) is 13.9 Å². The highest BCUT2D eigenvalue weighted by molar-refractivity contribution is 5.57. The van der Waals surface area contributed by atoms with Crippen molar-refractivity contribution < 1.29 is 18.3 Å². The zero-order chi connectivity index (χ0) is 19.5. The van der Waals surface area contributed by atoms with E-state index in [0.717, 1.165) is 5.69 Å². The molecule has 142 valence electrons. The normalized spacial score (nSPS) is 10.8. The van der Waals surface area contributed by atoms with Gasteiger partial charge in [0.1, 0.15) is 48.0 Å². The van der Waals surface area contributed by atoms with E-state index < -0.39 is 5.82 Å². The molecule has 28 heavy (non-hydrogen) atoms. The number of ether oxygens (including phenoxy) is 2. The van der Waals surface area contributed by atoms with Crippen LogP contribution < -0.4 is 9.47 Å². The monoisotopic (exact) mass is 380 g/mol. The Morgan fingerprint density at radius 1 is 1.04 bits per heavy atom. The van der Waals surface area contributed by atoms with Gasteiger partial charge in [0.15, 0.2) is 0 Å². The second-order valence-corrected chi connectivity index (χ2v) is 6.02. The van der Waals surface area contributed by atoms with Crippen LogP contribution in [0.25, 0.3) is 17.1 Å². The van der Waals surface area contributed by atoms with Crippen LogP contribution in [0, 0.1) is 12.7 Å². The Morgan fingerprint density at radius 2 is 1.75 bits per heavy atom. The van der Waals surface area contributed by atoms with Crippen LogP contribution in [0.1, 0.15) is 11.5 Å². The zero-order valence-corrected chi connectivity index (χ0v) is 15.3. The molecule has 0 aliphatic carbocycles. The van der Waals surface area contributed by atoms with Crippen molar-refractivity contribution in [2.45, 2.75) is 13.5 Å². The minimum absolute atomic E-state index is 0.190. The number of hydrogen-bond donors (Lipinski definition) is 0. The largest absolute Gasteiger partial charge is 0.497 e. The summed E-state index contributed by atoms with van der Waals surface area (Å²) in [5, 5.41) is 7.56. The van der Waals surface area contributed by atoms with Gasteiger partial charge in [-0.2, -0.15) is 0 Å². The molecule has 0 bridgehead atoms. The number of aromatic nitrogens is 4. The van der Waals surface area contributed by atoms with Crippen molar-refractivity contribution in [2.24, 2.45) is 0 Å². The smallest absolute Gasteiger partial charge is 0.229 e. The Hall–Kier alpha value is -3.68. The Labute approximate surface area is 160 Å². The molecule has 0 spiro atoms. The van der Waals surface area contributed by atoms with Crippen LogP contribution in [0.4, 0.5) is 4.39 Å². The zero-order valence-electron chi connectivity index (χ0n) is 15.3. The first-order valence-electron chi connectivity index (χ1n) is 8.52. The molecule has 8 heteroatoms. The maximum absolute atomic E-state index is 14.1. The van der Waals surface area contributed by atoms with Gasteiger partial charge in [0.2, 0.25) is 5.89 Å². The molecule has 0 N–H and O–H groups in total. The summed E-state index contributed by atoms with van der Waals surface area (Å²) in [6.45, 7) is 1.97. The van der Waals surface area contributed by atoms with E-state index in [1.165, 1.54) is 13.2 Å². The first kappa shape index (κ1) is 17.7. The molecule has 0 saturated heterocycles. The molecule has 0 radical (unpaired) electrons. The van der Waals surface area contributed by atoms with Gasteiger partial charge >= 0.3 is 0 Å². The van der Waals surface area contributed by atoms with Crippen molar-refractivity contribution in [1.29, 1.82) is 0 Å². The van der Waals surface area contributed by atoms with Gasteiger partial charge in [0.05, 0.1) is 12.7 Å². The number of aryl methyl sites for hydroxylation is 1. The van der Waals surface area contributed by atoms with Crippen molar-refractivity contribution in [3.63, 3.8) is 0 Å². The second-order valence-electron chi connectivity index (χ2n) is 6.02. The van der Waals surface area contributed by atoms with E-state index in [2.05, 4.69) is 15.2 Å². The van der Waals surface area contributed by atoms with E-state index in [0.29, 0.717) is 23.0 Å². The van der Waals surface area contributed by atoms with Gasteiger partial charge in [0, 0.05) is 5.69 Å². The minimum atomic E-state index is -0.431. The standard InChI is InChI=1S/C20H17FN4O3/c1-13-19(24-20(28-13)17-9-16(26-2)7-8-18(17)21)10-27-15-5-3-14(4-6-15)25-11-22-23-12-25/h3-9,11-12H,10H2,1-2H3. The van der Waals surface area contributed by atoms with Crippen molar-refractivity contribution >= 4 is 0 Å². The van der Waals surface area contributed by atoms with Gasteiger partial charge in [-0.25, -0.2) is 9.37 Å². The summed E-state index contributed by atoms with van der Waals surface area (Å²) in [5.74, 6) is 1.53.